The summed E-state index contributed by atoms with van der Waals surface area (Å²) in [6.45, 7) is 3.60. The van der Waals surface area contributed by atoms with E-state index in [0.717, 1.165) is 6.42 Å². The van der Waals surface area contributed by atoms with Gasteiger partial charge in [-0.2, -0.15) is 4.31 Å². The van der Waals surface area contributed by atoms with E-state index in [1.54, 1.807) is 29.4 Å². The number of pyridine rings is 1. The monoisotopic (exact) mass is 311 g/mol. The van der Waals surface area contributed by atoms with Crippen LogP contribution in [0.1, 0.15) is 30.1 Å². The minimum Gasteiger partial charge on any atom is -0.336 e. The van der Waals surface area contributed by atoms with Gasteiger partial charge in [-0.1, -0.05) is 13.3 Å². The predicted octanol–water partition coefficient (Wildman–Crippen LogP) is 0.969. The first kappa shape index (κ1) is 15.9. The largest absolute Gasteiger partial charge is 0.336 e. The highest BCUT2D eigenvalue weighted by Crippen LogP contribution is 2.12. The molecule has 1 aliphatic heterocycles. The van der Waals surface area contributed by atoms with Crippen molar-refractivity contribution in [2.75, 3.05) is 31.9 Å². The fourth-order valence-electron chi connectivity index (χ4n) is 2.30. The third-order valence-corrected chi connectivity index (χ3v) is 5.56. The number of hydrogen-bond acceptors (Lipinski definition) is 4. The molecule has 116 valence electrons. The molecule has 2 heterocycles. The molecule has 0 aromatic carbocycles. The Morgan fingerprint density at radius 1 is 1.19 bits per heavy atom. The molecule has 0 atom stereocenters. The molecule has 0 N–H and O–H groups in total. The van der Waals surface area contributed by atoms with Gasteiger partial charge in [0.15, 0.2) is 0 Å². The molecule has 0 radical (unpaired) electrons. The Kier molecular flexibility index (Phi) is 5.30. The molecule has 0 unspecified atom stereocenters. The van der Waals surface area contributed by atoms with Crippen molar-refractivity contribution in [2.24, 2.45) is 0 Å². The first-order valence-corrected chi connectivity index (χ1v) is 8.82. The minimum absolute atomic E-state index is 0.0667. The van der Waals surface area contributed by atoms with Gasteiger partial charge in [-0.25, -0.2) is 8.42 Å². The van der Waals surface area contributed by atoms with Crippen LogP contribution in [0, 0.1) is 0 Å². The fraction of sp³-hybridized carbons (Fsp3) is 0.571. The highest BCUT2D eigenvalue weighted by Gasteiger charge is 2.28. The molecule has 1 fully saturated rings. The maximum Gasteiger partial charge on any atom is 0.254 e. The van der Waals surface area contributed by atoms with Gasteiger partial charge < -0.3 is 4.90 Å². The number of amides is 1. The van der Waals surface area contributed by atoms with Gasteiger partial charge in [0, 0.05) is 44.1 Å². The zero-order chi connectivity index (χ0) is 15.3. The third kappa shape index (κ3) is 4.01. The van der Waals surface area contributed by atoms with Crippen molar-refractivity contribution in [3.8, 4) is 0 Å². The van der Waals surface area contributed by atoms with Crippen molar-refractivity contribution >= 4 is 15.9 Å². The van der Waals surface area contributed by atoms with Gasteiger partial charge in [0.05, 0.1) is 5.75 Å². The second-order valence-corrected chi connectivity index (χ2v) is 7.19. The summed E-state index contributed by atoms with van der Waals surface area (Å²) >= 11 is 0. The van der Waals surface area contributed by atoms with Gasteiger partial charge in [-0.15, -0.1) is 0 Å². The SMILES string of the molecule is CCCCS(=O)(=O)N1CCN(C(=O)c2ccncc2)CC1. The number of carbonyl (C=O) groups excluding carboxylic acids is 1. The lowest BCUT2D eigenvalue weighted by Crippen LogP contribution is -2.51. The number of carbonyl (C=O) groups is 1. The summed E-state index contributed by atoms with van der Waals surface area (Å²) in [6.07, 6.45) is 4.70. The molecule has 0 spiro atoms. The Bertz CT molecular complexity index is 566. The van der Waals surface area contributed by atoms with E-state index in [-0.39, 0.29) is 11.7 Å². The van der Waals surface area contributed by atoms with E-state index in [0.29, 0.717) is 38.2 Å². The smallest absolute Gasteiger partial charge is 0.254 e. The van der Waals surface area contributed by atoms with Crippen LogP contribution in [0.3, 0.4) is 0 Å². The quantitative estimate of drug-likeness (QED) is 0.812. The lowest BCUT2D eigenvalue weighted by molar-refractivity contribution is 0.0698. The van der Waals surface area contributed by atoms with Crippen LogP contribution in [0.4, 0.5) is 0 Å². The molecule has 2 rings (SSSR count). The molecule has 0 bridgehead atoms. The van der Waals surface area contributed by atoms with Gasteiger partial charge in [0.1, 0.15) is 0 Å². The summed E-state index contributed by atoms with van der Waals surface area (Å²) in [7, 11) is -3.17. The van der Waals surface area contributed by atoms with E-state index >= 15 is 0 Å². The third-order valence-electron chi connectivity index (χ3n) is 3.60. The zero-order valence-corrected chi connectivity index (χ0v) is 13.1. The first-order valence-electron chi connectivity index (χ1n) is 7.21. The standard InChI is InChI=1S/C14H21N3O3S/c1-2-3-12-21(19,20)17-10-8-16(9-11-17)14(18)13-4-6-15-7-5-13/h4-7H,2-3,8-12H2,1H3. The molecule has 1 aromatic heterocycles. The lowest BCUT2D eigenvalue weighted by atomic mass is 10.2. The number of unbranched alkanes of at least 4 members (excludes halogenated alkanes) is 1. The van der Waals surface area contributed by atoms with Crippen LogP contribution in [-0.2, 0) is 10.0 Å². The molecule has 7 heteroatoms. The highest BCUT2D eigenvalue weighted by molar-refractivity contribution is 7.89. The van der Waals surface area contributed by atoms with Gasteiger partial charge in [-0.3, -0.25) is 9.78 Å². The summed E-state index contributed by atoms with van der Waals surface area (Å²) < 4.78 is 25.7. The Hall–Kier alpha value is -1.47. The Balaban J connectivity index is 1.93. The van der Waals surface area contributed by atoms with Crippen molar-refractivity contribution < 1.29 is 13.2 Å². The van der Waals surface area contributed by atoms with E-state index in [1.807, 2.05) is 6.92 Å². The molecule has 1 aromatic rings. The van der Waals surface area contributed by atoms with Crippen LogP contribution in [0.25, 0.3) is 0 Å². The minimum atomic E-state index is -3.17. The number of piperazine rings is 1. The second-order valence-electron chi connectivity index (χ2n) is 5.10. The summed E-state index contributed by atoms with van der Waals surface area (Å²) in [5.41, 5.74) is 0.590. The van der Waals surface area contributed by atoms with Crippen LogP contribution in [0.5, 0.6) is 0 Å². The van der Waals surface area contributed by atoms with Gasteiger partial charge in [-0.05, 0) is 18.6 Å². The van der Waals surface area contributed by atoms with Crippen molar-refractivity contribution in [1.29, 1.82) is 0 Å². The maximum atomic E-state index is 12.3. The van der Waals surface area contributed by atoms with Crippen molar-refractivity contribution in [3.05, 3.63) is 30.1 Å². The van der Waals surface area contributed by atoms with Gasteiger partial charge >= 0.3 is 0 Å². The topological polar surface area (TPSA) is 70.6 Å². The number of hydrogen-bond donors (Lipinski definition) is 0. The Morgan fingerprint density at radius 3 is 2.38 bits per heavy atom. The van der Waals surface area contributed by atoms with E-state index in [4.69, 9.17) is 0 Å². The van der Waals surface area contributed by atoms with E-state index < -0.39 is 10.0 Å². The van der Waals surface area contributed by atoms with E-state index in [9.17, 15) is 13.2 Å². The van der Waals surface area contributed by atoms with Crippen LogP contribution in [0.15, 0.2) is 24.5 Å². The van der Waals surface area contributed by atoms with Crippen molar-refractivity contribution in [3.63, 3.8) is 0 Å². The zero-order valence-electron chi connectivity index (χ0n) is 12.2. The lowest BCUT2D eigenvalue weighted by Gasteiger charge is -2.34. The Labute approximate surface area is 125 Å². The van der Waals surface area contributed by atoms with Crippen molar-refractivity contribution in [2.45, 2.75) is 19.8 Å². The molecule has 0 saturated carbocycles. The van der Waals surface area contributed by atoms with E-state index in [2.05, 4.69) is 4.98 Å². The fourth-order valence-corrected chi connectivity index (χ4v) is 3.93. The summed E-state index contributed by atoms with van der Waals surface area (Å²) in [5.74, 6) is 0.130. The second kappa shape index (κ2) is 7.00. The summed E-state index contributed by atoms with van der Waals surface area (Å²) in [4.78, 5) is 17.8. The van der Waals surface area contributed by atoms with E-state index in [1.165, 1.54) is 4.31 Å². The molecule has 1 amide bonds. The maximum absolute atomic E-state index is 12.3. The number of sulfonamides is 1. The average molecular weight is 311 g/mol. The van der Waals surface area contributed by atoms with Gasteiger partial charge in [0.2, 0.25) is 10.0 Å². The summed E-state index contributed by atoms with van der Waals surface area (Å²) in [6, 6.07) is 3.35. The molecular formula is C14H21N3O3S. The van der Waals surface area contributed by atoms with Crippen LogP contribution >= 0.6 is 0 Å². The number of rotatable bonds is 5. The predicted molar refractivity (Wildman–Crippen MR) is 80.4 cm³/mol. The molecule has 1 aliphatic rings. The van der Waals surface area contributed by atoms with Crippen LogP contribution in [0.2, 0.25) is 0 Å². The molecule has 1 saturated heterocycles. The number of aromatic nitrogens is 1. The molecule has 6 nitrogen and oxygen atoms in total. The molecule has 0 aliphatic carbocycles. The highest BCUT2D eigenvalue weighted by atomic mass is 32.2. The normalized spacial score (nSPS) is 16.9. The summed E-state index contributed by atoms with van der Waals surface area (Å²) in [5, 5.41) is 0. The molecular weight excluding hydrogens is 290 g/mol. The first-order chi connectivity index (χ1) is 10.0. The molecule has 21 heavy (non-hydrogen) atoms. The van der Waals surface area contributed by atoms with Crippen LogP contribution < -0.4 is 0 Å². The number of nitrogens with zero attached hydrogens (tertiary/aromatic N) is 3. The average Bonchev–Trinajstić information content (AvgIpc) is 2.53. The Morgan fingerprint density at radius 2 is 1.81 bits per heavy atom. The van der Waals surface area contributed by atoms with Gasteiger partial charge in [0.25, 0.3) is 5.91 Å². The van der Waals surface area contributed by atoms with Crippen LogP contribution in [-0.4, -0.2) is 60.4 Å². The van der Waals surface area contributed by atoms with Crippen molar-refractivity contribution in [1.82, 2.24) is 14.2 Å².